The second-order valence-electron chi connectivity index (χ2n) is 6.39. The van der Waals surface area contributed by atoms with Crippen molar-refractivity contribution in [1.82, 2.24) is 0 Å². The summed E-state index contributed by atoms with van der Waals surface area (Å²) in [5.74, 6) is 0.720. The van der Waals surface area contributed by atoms with Crippen LogP contribution in [-0.2, 0) is 6.61 Å². The normalized spacial score (nSPS) is 11.0. The second kappa shape index (κ2) is 9.98. The molecule has 3 rings (SSSR count). The minimum absolute atomic E-state index is 0.0995. The number of nitrogens with zero attached hydrogens (tertiary/aromatic N) is 2. The Morgan fingerprint density at radius 1 is 1.13 bits per heavy atom. The molecule has 0 atom stereocenters. The largest absolute Gasteiger partial charge is 0.493 e. The molecule has 0 amide bonds. The molecule has 0 N–H and O–H groups in total. The Morgan fingerprint density at radius 3 is 2.58 bits per heavy atom. The van der Waals surface area contributed by atoms with E-state index in [9.17, 15) is 15.4 Å². The Balaban J connectivity index is 1.93. The first kappa shape index (κ1) is 22.2. The summed E-state index contributed by atoms with van der Waals surface area (Å²) >= 11 is 12.6. The van der Waals surface area contributed by atoms with E-state index in [1.54, 1.807) is 30.3 Å². The molecule has 0 saturated carbocycles. The molecule has 0 aliphatic carbocycles. The molecule has 6 nitrogen and oxygen atoms in total. The Kier molecular flexibility index (Phi) is 7.14. The summed E-state index contributed by atoms with van der Waals surface area (Å²) in [5, 5.41) is 21.5. The Morgan fingerprint density at radius 2 is 1.90 bits per heavy atom. The van der Waals surface area contributed by atoms with E-state index in [0.29, 0.717) is 27.6 Å². The number of halogens is 2. The lowest BCUT2D eigenvalue weighted by molar-refractivity contribution is -0.384. The molecule has 0 fully saturated rings. The van der Waals surface area contributed by atoms with Gasteiger partial charge in [-0.1, -0.05) is 53.5 Å². The highest BCUT2D eigenvalue weighted by Crippen LogP contribution is 2.38. The van der Waals surface area contributed by atoms with Crippen LogP contribution in [0.2, 0.25) is 10.0 Å². The van der Waals surface area contributed by atoms with Crippen molar-refractivity contribution in [2.45, 2.75) is 6.61 Å². The third-order valence-corrected chi connectivity index (χ3v) is 5.03. The molecule has 0 aliphatic rings. The number of methoxy groups -OCH3 is 1. The molecule has 0 saturated heterocycles. The summed E-state index contributed by atoms with van der Waals surface area (Å²) in [5.41, 5.74) is 1.94. The minimum atomic E-state index is -0.510. The van der Waals surface area contributed by atoms with Crippen molar-refractivity contribution in [3.05, 3.63) is 97.5 Å². The van der Waals surface area contributed by atoms with Crippen LogP contribution in [0.5, 0.6) is 11.5 Å². The van der Waals surface area contributed by atoms with E-state index in [2.05, 4.69) is 6.07 Å². The lowest BCUT2D eigenvalue weighted by atomic mass is 10.0. The molecule has 0 heterocycles. The molecule has 0 aromatic heterocycles. The van der Waals surface area contributed by atoms with Crippen molar-refractivity contribution >= 4 is 40.5 Å². The van der Waals surface area contributed by atoms with Gasteiger partial charge >= 0.3 is 0 Å². The van der Waals surface area contributed by atoms with Crippen molar-refractivity contribution in [3.8, 4) is 17.6 Å². The van der Waals surface area contributed by atoms with Crippen LogP contribution in [0.4, 0.5) is 5.69 Å². The molecule has 0 aliphatic heterocycles. The summed E-state index contributed by atoms with van der Waals surface area (Å²) in [6.45, 7) is 0.196. The standard InChI is InChI=1S/C23H16Cl2N2O4/c1-30-22-11-15(9-18(13-26)16-6-4-7-19(12-16)27(28)29)10-21(25)23(22)31-14-17-5-2-3-8-20(17)24/h2-12H,14H2,1H3. The molecular weight excluding hydrogens is 439 g/mol. The molecule has 3 aromatic carbocycles. The van der Waals surface area contributed by atoms with Gasteiger partial charge in [0.05, 0.1) is 28.7 Å². The topological polar surface area (TPSA) is 85.4 Å². The van der Waals surface area contributed by atoms with E-state index in [1.807, 2.05) is 18.2 Å². The molecule has 0 radical (unpaired) electrons. The third-order valence-electron chi connectivity index (χ3n) is 4.38. The highest BCUT2D eigenvalue weighted by Gasteiger charge is 2.14. The summed E-state index contributed by atoms with van der Waals surface area (Å²) in [7, 11) is 1.48. The lowest BCUT2D eigenvalue weighted by Crippen LogP contribution is -1.99. The highest BCUT2D eigenvalue weighted by atomic mass is 35.5. The number of nitro groups is 1. The van der Waals surface area contributed by atoms with Gasteiger partial charge in [0.1, 0.15) is 6.61 Å². The number of allylic oxidation sites excluding steroid dienone is 1. The third kappa shape index (κ3) is 5.34. The molecule has 8 heteroatoms. The van der Waals surface area contributed by atoms with Crippen LogP contribution in [-0.4, -0.2) is 12.0 Å². The van der Waals surface area contributed by atoms with Gasteiger partial charge in [-0.15, -0.1) is 0 Å². The maximum absolute atomic E-state index is 11.0. The van der Waals surface area contributed by atoms with Crippen LogP contribution in [0.25, 0.3) is 11.6 Å². The number of nitro benzene ring substituents is 1. The van der Waals surface area contributed by atoms with Crippen molar-refractivity contribution in [3.63, 3.8) is 0 Å². The summed E-state index contributed by atoms with van der Waals surface area (Å²) in [4.78, 5) is 10.5. The minimum Gasteiger partial charge on any atom is -0.493 e. The van der Waals surface area contributed by atoms with Crippen molar-refractivity contribution in [1.29, 1.82) is 5.26 Å². The average Bonchev–Trinajstić information content (AvgIpc) is 2.77. The van der Waals surface area contributed by atoms with Gasteiger partial charge < -0.3 is 9.47 Å². The van der Waals surface area contributed by atoms with E-state index in [-0.39, 0.29) is 22.9 Å². The van der Waals surface area contributed by atoms with E-state index < -0.39 is 4.92 Å². The number of ether oxygens (including phenoxy) is 2. The van der Waals surface area contributed by atoms with Gasteiger partial charge in [0.25, 0.3) is 5.69 Å². The van der Waals surface area contributed by atoms with Crippen LogP contribution in [0.1, 0.15) is 16.7 Å². The van der Waals surface area contributed by atoms with Crippen molar-refractivity contribution in [2.75, 3.05) is 7.11 Å². The maximum atomic E-state index is 11.0. The lowest BCUT2D eigenvalue weighted by Gasteiger charge is -2.14. The monoisotopic (exact) mass is 454 g/mol. The quantitative estimate of drug-likeness (QED) is 0.174. The fourth-order valence-corrected chi connectivity index (χ4v) is 3.33. The SMILES string of the molecule is COc1cc(C=C(C#N)c2cccc([N+](=O)[O-])c2)cc(Cl)c1OCc1ccccc1Cl. The zero-order valence-corrected chi connectivity index (χ0v) is 17.9. The Hall–Kier alpha value is -3.53. The Labute approximate surface area is 189 Å². The van der Waals surface area contributed by atoms with Crippen LogP contribution in [0.3, 0.4) is 0 Å². The van der Waals surface area contributed by atoms with Gasteiger partial charge in [0.2, 0.25) is 0 Å². The molecule has 0 spiro atoms. The van der Waals surface area contributed by atoms with Crippen LogP contribution in [0.15, 0.2) is 60.7 Å². The van der Waals surface area contributed by atoms with Gasteiger partial charge in [-0.05, 0) is 35.4 Å². The number of nitriles is 1. The smallest absolute Gasteiger partial charge is 0.270 e. The fraction of sp³-hybridized carbons (Fsp3) is 0.0870. The molecular formula is C23H16Cl2N2O4. The van der Waals surface area contributed by atoms with E-state index >= 15 is 0 Å². The number of non-ortho nitro benzene ring substituents is 1. The predicted octanol–water partition coefficient (Wildman–Crippen LogP) is 6.55. The zero-order chi connectivity index (χ0) is 22.4. The van der Waals surface area contributed by atoms with Crippen molar-refractivity contribution in [2.24, 2.45) is 0 Å². The maximum Gasteiger partial charge on any atom is 0.270 e. The average molecular weight is 455 g/mol. The number of hydrogen-bond acceptors (Lipinski definition) is 5. The van der Waals surface area contributed by atoms with Gasteiger partial charge in [-0.3, -0.25) is 10.1 Å². The molecule has 0 unspecified atom stereocenters. The van der Waals surface area contributed by atoms with Gasteiger partial charge in [-0.25, -0.2) is 0 Å². The van der Waals surface area contributed by atoms with E-state index in [1.165, 1.54) is 25.3 Å². The first-order chi connectivity index (χ1) is 14.9. The van der Waals surface area contributed by atoms with Crippen molar-refractivity contribution < 1.29 is 14.4 Å². The second-order valence-corrected chi connectivity index (χ2v) is 7.21. The summed E-state index contributed by atoms with van der Waals surface area (Å²) in [6.07, 6.45) is 1.57. The van der Waals surface area contributed by atoms with Crippen LogP contribution >= 0.6 is 23.2 Å². The molecule has 3 aromatic rings. The zero-order valence-electron chi connectivity index (χ0n) is 16.3. The fourth-order valence-electron chi connectivity index (χ4n) is 2.86. The first-order valence-corrected chi connectivity index (χ1v) is 9.79. The number of hydrogen-bond donors (Lipinski definition) is 0. The van der Waals surface area contributed by atoms with Gasteiger partial charge in [-0.2, -0.15) is 5.26 Å². The molecule has 156 valence electrons. The Bertz CT molecular complexity index is 1200. The van der Waals surface area contributed by atoms with Crippen LogP contribution < -0.4 is 9.47 Å². The van der Waals surface area contributed by atoms with E-state index in [0.717, 1.165) is 5.56 Å². The first-order valence-electron chi connectivity index (χ1n) is 9.03. The predicted molar refractivity (Wildman–Crippen MR) is 120 cm³/mol. The summed E-state index contributed by atoms with van der Waals surface area (Å²) in [6, 6.07) is 18.5. The summed E-state index contributed by atoms with van der Waals surface area (Å²) < 4.78 is 11.2. The number of rotatable bonds is 7. The molecule has 31 heavy (non-hydrogen) atoms. The molecule has 0 bridgehead atoms. The van der Waals surface area contributed by atoms with Crippen LogP contribution in [0, 0.1) is 21.4 Å². The number of benzene rings is 3. The van der Waals surface area contributed by atoms with Gasteiger partial charge in [0, 0.05) is 22.7 Å². The highest BCUT2D eigenvalue weighted by molar-refractivity contribution is 6.32. The van der Waals surface area contributed by atoms with Gasteiger partial charge in [0.15, 0.2) is 11.5 Å². The van der Waals surface area contributed by atoms with E-state index in [4.69, 9.17) is 32.7 Å².